The fourth-order valence-electron chi connectivity index (χ4n) is 3.55. The van der Waals surface area contributed by atoms with Gasteiger partial charge in [0, 0.05) is 32.0 Å². The molecular formula is C20H29N3O. The Morgan fingerprint density at radius 2 is 2.12 bits per heavy atom. The van der Waals surface area contributed by atoms with Crippen molar-refractivity contribution in [1.82, 2.24) is 9.88 Å². The molecule has 2 heterocycles. The minimum Gasteiger partial charge on any atom is -0.383 e. The monoisotopic (exact) mass is 327 g/mol. The maximum absolute atomic E-state index is 12.6. The van der Waals surface area contributed by atoms with Crippen molar-refractivity contribution in [3.63, 3.8) is 0 Å². The largest absolute Gasteiger partial charge is 0.383 e. The number of aromatic nitrogens is 1. The molecule has 0 atom stereocenters. The van der Waals surface area contributed by atoms with E-state index >= 15 is 0 Å². The molecule has 2 aliphatic rings. The Morgan fingerprint density at radius 1 is 1.29 bits per heavy atom. The van der Waals surface area contributed by atoms with Crippen LogP contribution in [0.2, 0.25) is 0 Å². The number of likely N-dealkylation sites (tertiary alicyclic amines) is 1. The molecule has 24 heavy (non-hydrogen) atoms. The summed E-state index contributed by atoms with van der Waals surface area (Å²) >= 11 is 0. The minimum atomic E-state index is 0.119. The molecule has 0 aromatic carbocycles. The van der Waals surface area contributed by atoms with Crippen molar-refractivity contribution >= 4 is 11.6 Å². The molecule has 4 nitrogen and oxygen atoms in total. The highest BCUT2D eigenvalue weighted by Crippen LogP contribution is 2.21. The molecule has 0 unspecified atom stereocenters. The van der Waals surface area contributed by atoms with Crippen molar-refractivity contribution < 1.29 is 4.79 Å². The average molecular weight is 327 g/mol. The Bertz CT molecular complexity index is 588. The molecule has 0 saturated carbocycles. The predicted octanol–water partition coefficient (Wildman–Crippen LogP) is 4.26. The Labute approximate surface area is 145 Å². The maximum Gasteiger partial charge on any atom is 0.255 e. The van der Waals surface area contributed by atoms with Crippen LogP contribution in [0.4, 0.5) is 5.69 Å². The molecule has 0 radical (unpaired) electrons. The zero-order valence-corrected chi connectivity index (χ0v) is 14.8. The number of allylic oxidation sites excluding steroid dienone is 1. The Hall–Kier alpha value is -1.84. The number of hydrogen-bond donors (Lipinski definition) is 1. The van der Waals surface area contributed by atoms with Crippen LogP contribution in [0.5, 0.6) is 0 Å². The van der Waals surface area contributed by atoms with Gasteiger partial charge in [-0.2, -0.15) is 0 Å². The normalized spacial score (nSPS) is 19.0. The van der Waals surface area contributed by atoms with Gasteiger partial charge in [0.15, 0.2) is 0 Å². The Balaban J connectivity index is 1.53. The van der Waals surface area contributed by atoms with Crippen LogP contribution in [-0.4, -0.2) is 35.4 Å². The van der Waals surface area contributed by atoms with E-state index in [1.165, 1.54) is 25.7 Å². The fraction of sp³-hybridized carbons (Fsp3) is 0.600. The van der Waals surface area contributed by atoms with E-state index in [4.69, 9.17) is 0 Å². The molecule has 1 aromatic rings. The lowest BCUT2D eigenvalue weighted by Crippen LogP contribution is -2.37. The van der Waals surface area contributed by atoms with E-state index in [9.17, 15) is 4.79 Å². The first-order chi connectivity index (χ1) is 11.7. The van der Waals surface area contributed by atoms with Gasteiger partial charge < -0.3 is 10.2 Å². The van der Waals surface area contributed by atoms with Gasteiger partial charge in [0.2, 0.25) is 0 Å². The van der Waals surface area contributed by atoms with Gasteiger partial charge >= 0.3 is 0 Å². The molecule has 1 aliphatic heterocycles. The first-order valence-corrected chi connectivity index (χ1v) is 9.38. The SMILES string of the molecule is CC1CCN(C(=O)c2cncc(NCCC3=CCCCC3)c2)CC1. The zero-order chi connectivity index (χ0) is 16.8. The molecule has 0 spiro atoms. The van der Waals surface area contributed by atoms with E-state index in [0.29, 0.717) is 5.56 Å². The number of carbonyl (C=O) groups excluding carboxylic acids is 1. The molecule has 1 aliphatic carbocycles. The third-order valence-corrected chi connectivity index (χ3v) is 5.22. The fourth-order valence-corrected chi connectivity index (χ4v) is 3.55. The van der Waals surface area contributed by atoms with E-state index in [2.05, 4.69) is 23.3 Å². The van der Waals surface area contributed by atoms with Crippen molar-refractivity contribution in [2.24, 2.45) is 5.92 Å². The number of piperidine rings is 1. The number of hydrogen-bond acceptors (Lipinski definition) is 3. The summed E-state index contributed by atoms with van der Waals surface area (Å²) in [6.07, 6.45) is 14.3. The molecule has 1 amide bonds. The minimum absolute atomic E-state index is 0.119. The van der Waals surface area contributed by atoms with Crippen LogP contribution in [0.15, 0.2) is 30.1 Å². The van der Waals surface area contributed by atoms with Crippen LogP contribution in [0.25, 0.3) is 0 Å². The predicted molar refractivity (Wildman–Crippen MR) is 98.2 cm³/mol. The molecule has 4 heteroatoms. The van der Waals surface area contributed by atoms with Crippen LogP contribution in [0.1, 0.15) is 62.2 Å². The summed E-state index contributed by atoms with van der Waals surface area (Å²) in [6.45, 7) is 4.90. The summed E-state index contributed by atoms with van der Waals surface area (Å²) in [5.74, 6) is 0.849. The second-order valence-electron chi connectivity index (χ2n) is 7.22. The summed E-state index contributed by atoms with van der Waals surface area (Å²) < 4.78 is 0. The third kappa shape index (κ3) is 4.59. The number of rotatable bonds is 5. The van der Waals surface area contributed by atoms with E-state index < -0.39 is 0 Å². The summed E-state index contributed by atoms with van der Waals surface area (Å²) in [4.78, 5) is 18.9. The molecule has 1 fully saturated rings. The van der Waals surface area contributed by atoms with Crippen molar-refractivity contribution in [1.29, 1.82) is 0 Å². The van der Waals surface area contributed by atoms with Crippen molar-refractivity contribution in [2.75, 3.05) is 25.0 Å². The van der Waals surface area contributed by atoms with Gasteiger partial charge in [-0.25, -0.2) is 0 Å². The smallest absolute Gasteiger partial charge is 0.255 e. The van der Waals surface area contributed by atoms with Gasteiger partial charge in [0.25, 0.3) is 5.91 Å². The number of nitrogens with one attached hydrogen (secondary N) is 1. The third-order valence-electron chi connectivity index (χ3n) is 5.22. The first-order valence-electron chi connectivity index (χ1n) is 9.38. The van der Waals surface area contributed by atoms with E-state index in [1.807, 2.05) is 17.2 Å². The van der Waals surface area contributed by atoms with Crippen molar-refractivity contribution in [3.05, 3.63) is 35.7 Å². The second kappa shape index (κ2) is 8.32. The van der Waals surface area contributed by atoms with Gasteiger partial charge in [-0.1, -0.05) is 18.6 Å². The molecule has 3 rings (SSSR count). The first kappa shape index (κ1) is 17.0. The Morgan fingerprint density at radius 3 is 2.88 bits per heavy atom. The van der Waals surface area contributed by atoms with E-state index in [-0.39, 0.29) is 5.91 Å². The summed E-state index contributed by atoms with van der Waals surface area (Å²) in [7, 11) is 0. The van der Waals surface area contributed by atoms with Crippen LogP contribution in [0.3, 0.4) is 0 Å². The van der Waals surface area contributed by atoms with Crippen molar-refractivity contribution in [3.8, 4) is 0 Å². The van der Waals surface area contributed by atoms with E-state index in [1.54, 1.807) is 11.8 Å². The number of anilines is 1. The lowest BCUT2D eigenvalue weighted by molar-refractivity contribution is 0.0697. The molecular weight excluding hydrogens is 298 g/mol. The highest BCUT2D eigenvalue weighted by Gasteiger charge is 2.21. The van der Waals surface area contributed by atoms with Gasteiger partial charge in [-0.3, -0.25) is 9.78 Å². The zero-order valence-electron chi connectivity index (χ0n) is 14.8. The summed E-state index contributed by atoms with van der Waals surface area (Å²) in [5.41, 5.74) is 3.21. The lowest BCUT2D eigenvalue weighted by Gasteiger charge is -2.30. The molecule has 1 saturated heterocycles. The highest BCUT2D eigenvalue weighted by molar-refractivity contribution is 5.94. The molecule has 130 valence electrons. The number of carbonyl (C=O) groups is 1. The Kier molecular flexibility index (Phi) is 5.89. The number of amides is 1. The number of pyridine rings is 1. The topological polar surface area (TPSA) is 45.2 Å². The average Bonchev–Trinajstić information content (AvgIpc) is 2.63. The standard InChI is InChI=1S/C20H29N3O/c1-16-8-11-23(12-9-16)20(24)18-13-19(15-21-14-18)22-10-7-17-5-3-2-4-6-17/h5,13-16,22H,2-4,6-12H2,1H3. The van der Waals surface area contributed by atoms with Gasteiger partial charge in [0.05, 0.1) is 11.3 Å². The molecule has 1 aromatic heterocycles. The van der Waals surface area contributed by atoms with Gasteiger partial charge in [0.1, 0.15) is 0 Å². The van der Waals surface area contributed by atoms with Crippen LogP contribution in [-0.2, 0) is 0 Å². The molecule has 0 bridgehead atoms. The van der Waals surface area contributed by atoms with Gasteiger partial charge in [-0.15, -0.1) is 0 Å². The van der Waals surface area contributed by atoms with E-state index in [0.717, 1.165) is 50.5 Å². The van der Waals surface area contributed by atoms with Crippen molar-refractivity contribution in [2.45, 2.75) is 51.9 Å². The van der Waals surface area contributed by atoms with Crippen LogP contribution >= 0.6 is 0 Å². The lowest BCUT2D eigenvalue weighted by atomic mass is 9.97. The summed E-state index contributed by atoms with van der Waals surface area (Å²) in [5, 5.41) is 3.42. The molecule has 1 N–H and O–H groups in total. The highest BCUT2D eigenvalue weighted by atomic mass is 16.2. The van der Waals surface area contributed by atoms with Gasteiger partial charge in [-0.05, 0) is 56.9 Å². The summed E-state index contributed by atoms with van der Waals surface area (Å²) in [6, 6.07) is 1.95. The second-order valence-corrected chi connectivity index (χ2v) is 7.22. The number of nitrogens with zero attached hydrogens (tertiary/aromatic N) is 2. The van der Waals surface area contributed by atoms with Crippen LogP contribution in [0, 0.1) is 5.92 Å². The van der Waals surface area contributed by atoms with Crippen LogP contribution < -0.4 is 5.32 Å². The quantitative estimate of drug-likeness (QED) is 0.822. The maximum atomic E-state index is 12.6.